The van der Waals surface area contributed by atoms with E-state index in [4.69, 9.17) is 4.74 Å². The molecule has 23 heavy (non-hydrogen) atoms. The molecule has 5 nitrogen and oxygen atoms in total. The Morgan fingerprint density at radius 3 is 2.61 bits per heavy atom. The van der Waals surface area contributed by atoms with Gasteiger partial charge in [-0.25, -0.2) is 9.97 Å². The van der Waals surface area contributed by atoms with Crippen LogP contribution in [0.15, 0.2) is 54.9 Å². The zero-order valence-corrected chi connectivity index (χ0v) is 13.3. The van der Waals surface area contributed by atoms with Gasteiger partial charge >= 0.3 is 0 Å². The fourth-order valence-corrected chi connectivity index (χ4v) is 2.57. The summed E-state index contributed by atoms with van der Waals surface area (Å²) in [4.78, 5) is 21.3. The number of hydrogen-bond acceptors (Lipinski definition) is 5. The molecule has 0 radical (unpaired) electrons. The predicted molar refractivity (Wildman–Crippen MR) is 89.8 cm³/mol. The summed E-state index contributed by atoms with van der Waals surface area (Å²) in [5.74, 6) is 0.337. The van der Waals surface area contributed by atoms with Gasteiger partial charge in [-0.05, 0) is 24.6 Å². The van der Waals surface area contributed by atoms with E-state index in [2.05, 4.69) is 15.3 Å². The summed E-state index contributed by atoms with van der Waals surface area (Å²) in [6, 6.07) is 13.2. The maximum Gasteiger partial charge on any atom is 0.276 e. The number of aromatic nitrogens is 2. The molecule has 2 aromatic heterocycles. The molecule has 2 heterocycles. The molecule has 0 atom stereocenters. The minimum atomic E-state index is -0.283. The van der Waals surface area contributed by atoms with Crippen LogP contribution in [-0.4, -0.2) is 15.9 Å². The number of aryl methyl sites for hydroxylation is 1. The van der Waals surface area contributed by atoms with E-state index in [1.54, 1.807) is 24.5 Å². The van der Waals surface area contributed by atoms with Crippen molar-refractivity contribution in [3.8, 4) is 5.75 Å². The summed E-state index contributed by atoms with van der Waals surface area (Å²) in [5.41, 5.74) is 1.40. The van der Waals surface area contributed by atoms with E-state index >= 15 is 0 Å². The molecule has 0 spiro atoms. The number of nitrogens with zero attached hydrogens (tertiary/aromatic N) is 2. The van der Waals surface area contributed by atoms with Crippen molar-refractivity contribution in [1.82, 2.24) is 9.97 Å². The van der Waals surface area contributed by atoms with Crippen molar-refractivity contribution in [1.29, 1.82) is 0 Å². The Balaban J connectivity index is 1.59. The van der Waals surface area contributed by atoms with Gasteiger partial charge in [-0.2, -0.15) is 0 Å². The Morgan fingerprint density at radius 2 is 1.96 bits per heavy atom. The SMILES string of the molecule is Cc1cnc(NC(=O)c2ccc(OCc3ccccc3)cn2)s1. The maximum absolute atomic E-state index is 12.1. The van der Waals surface area contributed by atoms with Gasteiger partial charge in [0.1, 0.15) is 18.1 Å². The number of amides is 1. The summed E-state index contributed by atoms with van der Waals surface area (Å²) in [7, 11) is 0. The lowest BCUT2D eigenvalue weighted by molar-refractivity contribution is 0.102. The summed E-state index contributed by atoms with van der Waals surface area (Å²) in [6.45, 7) is 2.40. The van der Waals surface area contributed by atoms with Crippen LogP contribution >= 0.6 is 11.3 Å². The Bertz CT molecular complexity index is 785. The van der Waals surface area contributed by atoms with Gasteiger partial charge in [0.15, 0.2) is 5.13 Å². The average molecular weight is 325 g/mol. The number of hydrogen-bond donors (Lipinski definition) is 1. The van der Waals surface area contributed by atoms with Crippen molar-refractivity contribution in [2.45, 2.75) is 13.5 Å². The average Bonchev–Trinajstić information content (AvgIpc) is 2.99. The van der Waals surface area contributed by atoms with Crippen molar-refractivity contribution in [2.24, 2.45) is 0 Å². The summed E-state index contributed by atoms with van der Waals surface area (Å²) < 4.78 is 5.64. The molecule has 0 saturated heterocycles. The number of pyridine rings is 1. The normalized spacial score (nSPS) is 10.3. The van der Waals surface area contributed by atoms with Gasteiger partial charge in [-0.1, -0.05) is 30.3 Å². The summed E-state index contributed by atoms with van der Waals surface area (Å²) >= 11 is 1.42. The predicted octanol–water partition coefficient (Wildman–Crippen LogP) is 3.68. The van der Waals surface area contributed by atoms with Crippen LogP contribution in [0.1, 0.15) is 20.9 Å². The van der Waals surface area contributed by atoms with E-state index in [1.807, 2.05) is 37.3 Å². The van der Waals surface area contributed by atoms with Gasteiger partial charge in [0, 0.05) is 11.1 Å². The van der Waals surface area contributed by atoms with Crippen LogP contribution in [0, 0.1) is 6.92 Å². The van der Waals surface area contributed by atoms with Crippen molar-refractivity contribution < 1.29 is 9.53 Å². The molecule has 1 N–H and O–H groups in total. The highest BCUT2D eigenvalue weighted by atomic mass is 32.1. The number of carbonyl (C=O) groups excluding carboxylic acids is 1. The van der Waals surface area contributed by atoms with E-state index < -0.39 is 0 Å². The third-order valence-corrected chi connectivity index (χ3v) is 3.89. The lowest BCUT2D eigenvalue weighted by Gasteiger charge is -2.06. The van der Waals surface area contributed by atoms with Crippen molar-refractivity contribution >= 4 is 22.4 Å². The van der Waals surface area contributed by atoms with Gasteiger partial charge in [-0.15, -0.1) is 11.3 Å². The zero-order valence-electron chi connectivity index (χ0n) is 12.5. The molecule has 6 heteroatoms. The van der Waals surface area contributed by atoms with Gasteiger partial charge in [-0.3, -0.25) is 10.1 Å². The molecule has 3 aromatic rings. The minimum absolute atomic E-state index is 0.283. The summed E-state index contributed by atoms with van der Waals surface area (Å²) in [5, 5.41) is 3.29. The van der Waals surface area contributed by atoms with Crippen LogP contribution < -0.4 is 10.1 Å². The highest BCUT2D eigenvalue weighted by Crippen LogP contribution is 2.18. The van der Waals surface area contributed by atoms with E-state index in [1.165, 1.54) is 11.3 Å². The number of ether oxygens (including phenoxy) is 1. The first-order valence-corrected chi connectivity index (χ1v) is 7.89. The molecule has 0 bridgehead atoms. The lowest BCUT2D eigenvalue weighted by Crippen LogP contribution is -2.13. The van der Waals surface area contributed by atoms with Gasteiger partial charge in [0.2, 0.25) is 0 Å². The highest BCUT2D eigenvalue weighted by Gasteiger charge is 2.10. The largest absolute Gasteiger partial charge is 0.487 e. The molecular formula is C17H15N3O2S. The number of rotatable bonds is 5. The molecule has 0 aliphatic carbocycles. The van der Waals surface area contributed by atoms with Gasteiger partial charge < -0.3 is 4.74 Å². The minimum Gasteiger partial charge on any atom is -0.487 e. The number of anilines is 1. The first kappa shape index (κ1) is 15.2. The number of carbonyl (C=O) groups is 1. The fourth-order valence-electron chi connectivity index (χ4n) is 1.91. The van der Waals surface area contributed by atoms with Crippen LogP contribution in [0.4, 0.5) is 5.13 Å². The third-order valence-electron chi connectivity index (χ3n) is 3.06. The number of thiazole rings is 1. The first-order valence-electron chi connectivity index (χ1n) is 7.07. The van der Waals surface area contributed by atoms with Crippen LogP contribution in [0.2, 0.25) is 0 Å². The lowest BCUT2D eigenvalue weighted by atomic mass is 10.2. The second-order valence-corrected chi connectivity index (χ2v) is 6.12. The van der Waals surface area contributed by atoms with Crippen molar-refractivity contribution in [3.05, 3.63) is 71.0 Å². The zero-order chi connectivity index (χ0) is 16.1. The van der Waals surface area contributed by atoms with E-state index in [9.17, 15) is 4.79 Å². The van der Waals surface area contributed by atoms with Crippen LogP contribution in [0.25, 0.3) is 0 Å². The molecule has 0 saturated carbocycles. The van der Waals surface area contributed by atoms with Crippen molar-refractivity contribution in [3.63, 3.8) is 0 Å². The first-order chi connectivity index (χ1) is 11.2. The second-order valence-electron chi connectivity index (χ2n) is 4.88. The Morgan fingerprint density at radius 1 is 1.13 bits per heavy atom. The summed E-state index contributed by atoms with van der Waals surface area (Å²) in [6.07, 6.45) is 3.26. The smallest absolute Gasteiger partial charge is 0.276 e. The molecule has 0 aliphatic heterocycles. The number of nitrogens with one attached hydrogen (secondary N) is 1. The van der Waals surface area contributed by atoms with E-state index in [0.29, 0.717) is 23.2 Å². The maximum atomic E-state index is 12.1. The molecular weight excluding hydrogens is 310 g/mol. The quantitative estimate of drug-likeness (QED) is 0.777. The molecule has 1 aromatic carbocycles. The van der Waals surface area contributed by atoms with E-state index in [-0.39, 0.29) is 5.91 Å². The molecule has 0 aliphatic rings. The topological polar surface area (TPSA) is 64.1 Å². The Hall–Kier alpha value is -2.73. The fraction of sp³-hybridized carbons (Fsp3) is 0.118. The molecule has 0 fully saturated rings. The molecule has 0 unspecified atom stereocenters. The van der Waals surface area contributed by atoms with E-state index in [0.717, 1.165) is 10.4 Å². The molecule has 116 valence electrons. The van der Waals surface area contributed by atoms with Gasteiger partial charge in [0.25, 0.3) is 5.91 Å². The highest BCUT2D eigenvalue weighted by molar-refractivity contribution is 7.15. The van der Waals surface area contributed by atoms with Crippen LogP contribution in [0.3, 0.4) is 0 Å². The molecule has 3 rings (SSSR count). The third kappa shape index (κ3) is 4.14. The van der Waals surface area contributed by atoms with Crippen molar-refractivity contribution in [2.75, 3.05) is 5.32 Å². The van der Waals surface area contributed by atoms with Crippen LogP contribution in [0.5, 0.6) is 5.75 Å². The monoisotopic (exact) mass is 325 g/mol. The Kier molecular flexibility index (Phi) is 4.63. The van der Waals surface area contributed by atoms with Crippen LogP contribution in [-0.2, 0) is 6.61 Å². The number of benzene rings is 1. The standard InChI is InChI=1S/C17H15N3O2S/c1-12-9-19-17(23-12)20-16(21)15-8-7-14(10-18-15)22-11-13-5-3-2-4-6-13/h2-10H,11H2,1H3,(H,19,20,21). The second kappa shape index (κ2) is 7.02. The Labute approximate surface area is 138 Å². The molecule has 1 amide bonds. The van der Waals surface area contributed by atoms with Gasteiger partial charge in [0.05, 0.1) is 6.20 Å².